The van der Waals surface area contributed by atoms with E-state index < -0.39 is 5.67 Å². The maximum absolute atomic E-state index is 13.1. The van der Waals surface area contributed by atoms with Gasteiger partial charge in [-0.1, -0.05) is 6.92 Å². The second-order valence-corrected chi connectivity index (χ2v) is 3.01. The fourth-order valence-electron chi connectivity index (χ4n) is 1.27. The van der Waals surface area contributed by atoms with E-state index in [1.807, 2.05) is 6.92 Å². The quantitative estimate of drug-likeness (QED) is 0.528. The number of halogens is 1. The minimum atomic E-state index is -1.07. The average Bonchev–Trinajstić information content (AvgIpc) is 1.82. The summed E-state index contributed by atoms with van der Waals surface area (Å²) in [5.41, 5.74) is -1.07. The Balaban J connectivity index is 2.48. The average molecular weight is 132 g/mol. The molecule has 1 saturated carbocycles. The maximum atomic E-state index is 13.1. The van der Waals surface area contributed by atoms with E-state index >= 15 is 0 Å². The van der Waals surface area contributed by atoms with Gasteiger partial charge in [0.15, 0.2) is 0 Å². The van der Waals surface area contributed by atoms with Crippen molar-refractivity contribution in [3.05, 3.63) is 0 Å². The predicted octanol–water partition coefficient (Wildman–Crippen LogP) is 1.77. The number of hydrogen-bond acceptors (Lipinski definition) is 1. The topological polar surface area (TPSA) is 9.23 Å². The first-order valence-electron chi connectivity index (χ1n) is 3.30. The highest BCUT2D eigenvalue weighted by molar-refractivity contribution is 4.99. The Morgan fingerprint density at radius 3 is 2.33 bits per heavy atom. The Labute approximate surface area is 55.2 Å². The van der Waals surface area contributed by atoms with Gasteiger partial charge < -0.3 is 4.74 Å². The lowest BCUT2D eigenvalue weighted by molar-refractivity contribution is -0.139. The van der Waals surface area contributed by atoms with Gasteiger partial charge in [-0.05, 0) is 19.3 Å². The molecule has 0 spiro atoms. The predicted molar refractivity (Wildman–Crippen MR) is 34.1 cm³/mol. The van der Waals surface area contributed by atoms with Crippen molar-refractivity contribution in [2.45, 2.75) is 32.0 Å². The first kappa shape index (κ1) is 7.00. The standard InChI is InChI=1S/C7H13FO/c1-5-4-6(9-3)7(5,2)8/h5-6H,4H2,1-3H3. The molecule has 1 fully saturated rings. The van der Waals surface area contributed by atoms with Crippen LogP contribution in [0, 0.1) is 5.92 Å². The summed E-state index contributed by atoms with van der Waals surface area (Å²) in [5, 5.41) is 0. The second-order valence-electron chi connectivity index (χ2n) is 3.01. The molecule has 0 N–H and O–H groups in total. The smallest absolute Gasteiger partial charge is 0.136 e. The molecule has 3 unspecified atom stereocenters. The molecule has 0 aromatic rings. The lowest BCUT2D eigenvalue weighted by atomic mass is 9.70. The van der Waals surface area contributed by atoms with E-state index in [1.165, 1.54) is 0 Å². The minimum absolute atomic E-state index is 0.160. The molecular weight excluding hydrogens is 119 g/mol. The number of ether oxygens (including phenoxy) is 1. The summed E-state index contributed by atoms with van der Waals surface area (Å²) in [5.74, 6) is 0.169. The normalized spacial score (nSPS) is 50.7. The van der Waals surface area contributed by atoms with Crippen LogP contribution in [0.2, 0.25) is 0 Å². The van der Waals surface area contributed by atoms with Crippen molar-refractivity contribution in [2.24, 2.45) is 5.92 Å². The zero-order valence-corrected chi connectivity index (χ0v) is 6.15. The number of methoxy groups -OCH3 is 1. The Morgan fingerprint density at radius 2 is 2.22 bits per heavy atom. The Bertz CT molecular complexity index is 111. The lowest BCUT2D eigenvalue weighted by Crippen LogP contribution is -2.53. The van der Waals surface area contributed by atoms with E-state index in [0.29, 0.717) is 0 Å². The van der Waals surface area contributed by atoms with Crippen LogP contribution in [0.15, 0.2) is 0 Å². The summed E-state index contributed by atoms with van der Waals surface area (Å²) in [6.45, 7) is 3.52. The van der Waals surface area contributed by atoms with Crippen LogP contribution >= 0.6 is 0 Å². The summed E-state index contributed by atoms with van der Waals surface area (Å²) in [6, 6.07) is 0. The molecule has 54 valence electrons. The molecule has 2 heteroatoms. The van der Waals surface area contributed by atoms with Gasteiger partial charge in [-0.3, -0.25) is 0 Å². The van der Waals surface area contributed by atoms with Gasteiger partial charge in [-0.15, -0.1) is 0 Å². The summed E-state index contributed by atoms with van der Waals surface area (Å²) in [6.07, 6.45) is 0.705. The molecule has 1 nitrogen and oxygen atoms in total. The van der Waals surface area contributed by atoms with Gasteiger partial charge in [0.1, 0.15) is 5.67 Å². The van der Waals surface area contributed by atoms with Crippen molar-refractivity contribution in [1.29, 1.82) is 0 Å². The van der Waals surface area contributed by atoms with E-state index in [2.05, 4.69) is 0 Å². The minimum Gasteiger partial charge on any atom is -0.378 e. The molecule has 0 bridgehead atoms. The molecule has 0 aromatic carbocycles. The van der Waals surface area contributed by atoms with Gasteiger partial charge >= 0.3 is 0 Å². The zero-order chi connectivity index (χ0) is 7.07. The van der Waals surface area contributed by atoms with Crippen molar-refractivity contribution < 1.29 is 9.13 Å². The highest BCUT2D eigenvalue weighted by atomic mass is 19.1. The van der Waals surface area contributed by atoms with E-state index in [-0.39, 0.29) is 12.0 Å². The highest BCUT2D eigenvalue weighted by Crippen LogP contribution is 2.43. The van der Waals surface area contributed by atoms with Crippen molar-refractivity contribution in [3.63, 3.8) is 0 Å². The summed E-state index contributed by atoms with van der Waals surface area (Å²) in [7, 11) is 1.56. The van der Waals surface area contributed by atoms with E-state index in [1.54, 1.807) is 14.0 Å². The van der Waals surface area contributed by atoms with E-state index in [4.69, 9.17) is 4.74 Å². The fourth-order valence-corrected chi connectivity index (χ4v) is 1.27. The van der Waals surface area contributed by atoms with Crippen LogP contribution in [-0.2, 0) is 4.74 Å². The van der Waals surface area contributed by atoms with E-state index in [9.17, 15) is 4.39 Å². The SMILES string of the molecule is COC1CC(C)C1(C)F. The molecule has 0 amide bonds. The molecule has 1 rings (SSSR count). The summed E-state index contributed by atoms with van der Waals surface area (Å²) in [4.78, 5) is 0. The zero-order valence-electron chi connectivity index (χ0n) is 6.15. The molecule has 0 aromatic heterocycles. The monoisotopic (exact) mass is 132 g/mol. The first-order valence-corrected chi connectivity index (χ1v) is 3.30. The van der Waals surface area contributed by atoms with Crippen molar-refractivity contribution in [3.8, 4) is 0 Å². The lowest BCUT2D eigenvalue weighted by Gasteiger charge is -2.45. The molecule has 3 atom stereocenters. The van der Waals surface area contributed by atoms with Crippen LogP contribution in [0.3, 0.4) is 0 Å². The maximum Gasteiger partial charge on any atom is 0.136 e. The number of hydrogen-bond donors (Lipinski definition) is 0. The van der Waals surface area contributed by atoms with Crippen LogP contribution in [0.25, 0.3) is 0 Å². The van der Waals surface area contributed by atoms with Gasteiger partial charge in [-0.25, -0.2) is 4.39 Å². The molecule has 1 aliphatic rings. The largest absolute Gasteiger partial charge is 0.378 e. The van der Waals surface area contributed by atoms with Crippen LogP contribution < -0.4 is 0 Å². The van der Waals surface area contributed by atoms with Gasteiger partial charge in [0.05, 0.1) is 6.10 Å². The van der Waals surface area contributed by atoms with Crippen molar-refractivity contribution in [2.75, 3.05) is 7.11 Å². The molecule has 0 aliphatic heterocycles. The van der Waals surface area contributed by atoms with Crippen LogP contribution in [0.1, 0.15) is 20.3 Å². The van der Waals surface area contributed by atoms with Gasteiger partial charge in [0, 0.05) is 7.11 Å². The molecule has 0 saturated heterocycles. The molecule has 1 aliphatic carbocycles. The Kier molecular flexibility index (Phi) is 1.51. The Hall–Kier alpha value is -0.110. The third-order valence-corrected chi connectivity index (χ3v) is 2.45. The summed E-state index contributed by atoms with van der Waals surface area (Å²) >= 11 is 0. The second kappa shape index (κ2) is 1.94. The van der Waals surface area contributed by atoms with E-state index in [0.717, 1.165) is 6.42 Å². The van der Waals surface area contributed by atoms with Crippen molar-refractivity contribution >= 4 is 0 Å². The van der Waals surface area contributed by atoms with Crippen molar-refractivity contribution in [1.82, 2.24) is 0 Å². The molecule has 0 heterocycles. The third-order valence-electron chi connectivity index (χ3n) is 2.45. The highest BCUT2D eigenvalue weighted by Gasteiger charge is 2.50. The first-order chi connectivity index (χ1) is 4.09. The van der Waals surface area contributed by atoms with Gasteiger partial charge in [-0.2, -0.15) is 0 Å². The van der Waals surface area contributed by atoms with Gasteiger partial charge in [0.2, 0.25) is 0 Å². The van der Waals surface area contributed by atoms with Crippen LogP contribution in [-0.4, -0.2) is 18.9 Å². The fraction of sp³-hybridized carbons (Fsp3) is 1.00. The number of rotatable bonds is 1. The third kappa shape index (κ3) is 0.855. The van der Waals surface area contributed by atoms with Crippen LogP contribution in [0.4, 0.5) is 4.39 Å². The summed E-state index contributed by atoms with van der Waals surface area (Å²) < 4.78 is 18.0. The molecule has 9 heavy (non-hydrogen) atoms. The Morgan fingerprint density at radius 1 is 1.67 bits per heavy atom. The molecule has 0 radical (unpaired) electrons. The number of alkyl halides is 1. The molecular formula is C7H13FO. The van der Waals surface area contributed by atoms with Crippen LogP contribution in [0.5, 0.6) is 0 Å². The van der Waals surface area contributed by atoms with Gasteiger partial charge in [0.25, 0.3) is 0 Å².